The fraction of sp³-hybridized carbons (Fsp3) is 0.238. The van der Waals surface area contributed by atoms with Crippen molar-refractivity contribution in [1.82, 2.24) is 4.98 Å². The summed E-state index contributed by atoms with van der Waals surface area (Å²) in [5.74, 6) is 0.314. The molecule has 1 aromatic heterocycles. The van der Waals surface area contributed by atoms with Gasteiger partial charge in [0.25, 0.3) is 0 Å². The van der Waals surface area contributed by atoms with Gasteiger partial charge in [-0.3, -0.25) is 4.98 Å². The zero-order valence-electron chi connectivity index (χ0n) is 15.5. The fourth-order valence-electron chi connectivity index (χ4n) is 2.83. The van der Waals surface area contributed by atoms with E-state index in [9.17, 15) is 4.79 Å². The minimum Gasteiger partial charge on any atom is -0.494 e. The van der Waals surface area contributed by atoms with Crippen LogP contribution < -0.4 is 10.1 Å². The molecule has 0 spiro atoms. The number of carbonyl (C=O) groups excluding carboxylic acids is 1. The normalized spacial score (nSPS) is 10.7. The van der Waals surface area contributed by atoms with Gasteiger partial charge >= 0.3 is 5.97 Å². The molecule has 0 fully saturated rings. The van der Waals surface area contributed by atoms with Crippen LogP contribution in [0.25, 0.3) is 10.9 Å². The van der Waals surface area contributed by atoms with Crippen LogP contribution in [0.2, 0.25) is 0 Å². The summed E-state index contributed by atoms with van der Waals surface area (Å²) in [5.41, 5.74) is 3.76. The molecule has 0 aliphatic carbocycles. The molecule has 5 nitrogen and oxygen atoms in total. The first-order valence-corrected chi connectivity index (χ1v) is 9.58. The minimum absolute atomic E-state index is 0.298. The molecule has 0 amide bonds. The van der Waals surface area contributed by atoms with Crippen molar-refractivity contribution in [2.45, 2.75) is 20.8 Å². The number of aromatic nitrogens is 1. The summed E-state index contributed by atoms with van der Waals surface area (Å²) in [6, 6.07) is 11.6. The fourth-order valence-corrected chi connectivity index (χ4v) is 3.30. The van der Waals surface area contributed by atoms with Gasteiger partial charge < -0.3 is 14.8 Å². The van der Waals surface area contributed by atoms with Gasteiger partial charge in [0.2, 0.25) is 0 Å². The topological polar surface area (TPSA) is 60.5 Å². The molecule has 1 N–H and O–H groups in total. The predicted molar refractivity (Wildman–Crippen MR) is 111 cm³/mol. The average Bonchev–Trinajstić information content (AvgIpc) is 2.64. The van der Waals surface area contributed by atoms with E-state index in [-0.39, 0.29) is 0 Å². The minimum atomic E-state index is -0.411. The summed E-state index contributed by atoms with van der Waals surface area (Å²) in [5, 5.41) is 4.20. The van der Waals surface area contributed by atoms with Gasteiger partial charge in [-0.05, 0) is 62.7 Å². The smallest absolute Gasteiger partial charge is 0.341 e. The van der Waals surface area contributed by atoms with Crippen molar-refractivity contribution >= 4 is 44.2 Å². The molecule has 0 aliphatic rings. The molecule has 1 heterocycles. The number of esters is 1. The molecule has 0 aliphatic heterocycles. The number of hydrogen-bond donors (Lipinski definition) is 1. The molecular weight excluding hydrogens is 408 g/mol. The first kappa shape index (κ1) is 19.2. The first-order chi connectivity index (χ1) is 13.0. The number of nitrogens with zero attached hydrogens (tertiary/aromatic N) is 1. The molecule has 3 rings (SSSR count). The van der Waals surface area contributed by atoms with Crippen LogP contribution in [0.4, 0.5) is 11.4 Å². The van der Waals surface area contributed by atoms with Gasteiger partial charge in [0.1, 0.15) is 11.3 Å². The zero-order valence-corrected chi connectivity index (χ0v) is 17.1. The first-order valence-electron chi connectivity index (χ1n) is 8.79. The van der Waals surface area contributed by atoms with Crippen molar-refractivity contribution in [3.05, 3.63) is 58.2 Å². The molecule has 3 aromatic rings. The number of benzene rings is 2. The second kappa shape index (κ2) is 8.39. The van der Waals surface area contributed by atoms with Crippen LogP contribution in [0.1, 0.15) is 29.8 Å². The number of rotatable bonds is 6. The van der Waals surface area contributed by atoms with Gasteiger partial charge in [-0.25, -0.2) is 4.79 Å². The lowest BCUT2D eigenvalue weighted by Crippen LogP contribution is -2.09. The van der Waals surface area contributed by atoms with Crippen LogP contribution in [-0.4, -0.2) is 24.2 Å². The van der Waals surface area contributed by atoms with Crippen molar-refractivity contribution in [2.24, 2.45) is 0 Å². The summed E-state index contributed by atoms with van der Waals surface area (Å²) in [6.45, 7) is 6.58. The molecule has 0 saturated carbocycles. The van der Waals surface area contributed by atoms with Crippen molar-refractivity contribution in [1.29, 1.82) is 0 Å². The van der Waals surface area contributed by atoms with E-state index in [1.807, 2.05) is 50.2 Å². The molecule has 0 saturated heterocycles. The quantitative estimate of drug-likeness (QED) is 0.515. The molecule has 0 bridgehead atoms. The molecule has 140 valence electrons. The number of pyridine rings is 1. The third-order valence-corrected chi connectivity index (χ3v) is 4.59. The number of fused-ring (bicyclic) bond motifs is 1. The Morgan fingerprint density at radius 1 is 1.15 bits per heavy atom. The zero-order chi connectivity index (χ0) is 19.4. The van der Waals surface area contributed by atoms with Crippen molar-refractivity contribution in [3.8, 4) is 5.75 Å². The molecule has 0 unspecified atom stereocenters. The summed E-state index contributed by atoms with van der Waals surface area (Å²) in [7, 11) is 0. The summed E-state index contributed by atoms with van der Waals surface area (Å²) < 4.78 is 11.8. The van der Waals surface area contributed by atoms with E-state index in [0.29, 0.717) is 24.5 Å². The van der Waals surface area contributed by atoms with Crippen LogP contribution in [0.3, 0.4) is 0 Å². The van der Waals surface area contributed by atoms with E-state index < -0.39 is 5.97 Å². The largest absolute Gasteiger partial charge is 0.494 e. The van der Waals surface area contributed by atoms with Crippen LogP contribution in [-0.2, 0) is 4.74 Å². The lowest BCUT2D eigenvalue weighted by Gasteiger charge is -2.16. The molecular formula is C21H21BrN2O3. The van der Waals surface area contributed by atoms with Crippen molar-refractivity contribution in [2.75, 3.05) is 18.5 Å². The molecule has 0 atom stereocenters. The molecule has 27 heavy (non-hydrogen) atoms. The lowest BCUT2D eigenvalue weighted by atomic mass is 10.1. The number of halogens is 1. The molecule has 0 radical (unpaired) electrons. The van der Waals surface area contributed by atoms with Gasteiger partial charge in [-0.1, -0.05) is 15.9 Å². The van der Waals surface area contributed by atoms with Gasteiger partial charge in [0, 0.05) is 21.7 Å². The van der Waals surface area contributed by atoms with Crippen molar-refractivity contribution in [3.63, 3.8) is 0 Å². The van der Waals surface area contributed by atoms with E-state index in [4.69, 9.17) is 9.47 Å². The van der Waals surface area contributed by atoms with Crippen LogP contribution >= 0.6 is 15.9 Å². The maximum atomic E-state index is 12.5. The Kier molecular flexibility index (Phi) is 5.96. The Morgan fingerprint density at radius 3 is 2.67 bits per heavy atom. The van der Waals surface area contributed by atoms with Crippen LogP contribution in [0.5, 0.6) is 5.75 Å². The Bertz CT molecular complexity index is 989. The number of hydrogen-bond acceptors (Lipinski definition) is 5. The van der Waals surface area contributed by atoms with E-state index in [0.717, 1.165) is 32.4 Å². The Hall–Kier alpha value is -2.60. The second-order valence-electron chi connectivity index (χ2n) is 5.96. The van der Waals surface area contributed by atoms with Crippen molar-refractivity contribution < 1.29 is 14.3 Å². The summed E-state index contributed by atoms with van der Waals surface area (Å²) in [6.07, 6.45) is 1.55. The maximum Gasteiger partial charge on any atom is 0.341 e. The maximum absolute atomic E-state index is 12.5. The third kappa shape index (κ3) is 4.22. The van der Waals surface area contributed by atoms with Crippen LogP contribution in [0.15, 0.2) is 47.1 Å². The second-order valence-corrected chi connectivity index (χ2v) is 6.88. The van der Waals surface area contributed by atoms with E-state index >= 15 is 0 Å². The number of ether oxygens (including phenoxy) is 2. The Balaban J connectivity index is 2.18. The highest BCUT2D eigenvalue weighted by atomic mass is 79.9. The van der Waals surface area contributed by atoms with Gasteiger partial charge in [-0.15, -0.1) is 0 Å². The van der Waals surface area contributed by atoms with Gasteiger partial charge in [0.05, 0.1) is 24.4 Å². The Labute approximate surface area is 166 Å². The standard InChI is InChI=1S/C21H21BrN2O3/c1-4-26-15-7-9-19-16(11-15)20(17(12-23-19)21(25)27-5-2)24-18-8-6-14(22)10-13(18)3/h6-12H,4-5H2,1-3H3,(H,23,24). The lowest BCUT2D eigenvalue weighted by molar-refractivity contribution is 0.0527. The Morgan fingerprint density at radius 2 is 1.96 bits per heavy atom. The van der Waals surface area contributed by atoms with E-state index in [2.05, 4.69) is 26.2 Å². The average molecular weight is 429 g/mol. The third-order valence-electron chi connectivity index (χ3n) is 4.09. The summed E-state index contributed by atoms with van der Waals surface area (Å²) >= 11 is 3.48. The van der Waals surface area contributed by atoms with Gasteiger partial charge in [0.15, 0.2) is 0 Å². The highest BCUT2D eigenvalue weighted by molar-refractivity contribution is 9.10. The predicted octanol–water partition coefficient (Wildman–Crippen LogP) is 5.62. The highest BCUT2D eigenvalue weighted by Gasteiger charge is 2.18. The SMILES string of the molecule is CCOC(=O)c1cnc2ccc(OCC)cc2c1Nc1ccc(Br)cc1C. The summed E-state index contributed by atoms with van der Waals surface area (Å²) in [4.78, 5) is 16.9. The van der Waals surface area contributed by atoms with E-state index in [1.165, 1.54) is 0 Å². The van der Waals surface area contributed by atoms with Gasteiger partial charge in [-0.2, -0.15) is 0 Å². The number of carbonyl (C=O) groups is 1. The number of anilines is 2. The highest BCUT2D eigenvalue weighted by Crippen LogP contribution is 2.33. The van der Waals surface area contributed by atoms with E-state index in [1.54, 1.807) is 13.1 Å². The monoisotopic (exact) mass is 428 g/mol. The number of aryl methyl sites for hydroxylation is 1. The number of nitrogens with one attached hydrogen (secondary N) is 1. The molecule has 6 heteroatoms. The molecule has 2 aromatic carbocycles. The van der Waals surface area contributed by atoms with Crippen LogP contribution in [0, 0.1) is 6.92 Å².